The summed E-state index contributed by atoms with van der Waals surface area (Å²) in [7, 11) is 0. The summed E-state index contributed by atoms with van der Waals surface area (Å²) >= 11 is 0. The number of anilines is 2. The first kappa shape index (κ1) is 15.3. The number of carbonyl (C=O) groups is 1. The summed E-state index contributed by atoms with van der Waals surface area (Å²) in [6, 6.07) is 4.93. The van der Waals surface area contributed by atoms with Crippen LogP contribution in [0, 0.1) is 11.7 Å². The Balaban J connectivity index is 1.70. The number of carbonyl (C=O) groups excluding carboxylic acids is 1. The minimum Gasteiger partial charge on any atom is -0.378 e. The molecular formula is C17H23FN2O2. The molecule has 4 nitrogen and oxygen atoms in total. The molecule has 0 unspecified atom stereocenters. The monoisotopic (exact) mass is 306 g/mol. The maximum Gasteiger partial charge on any atom is 0.227 e. The summed E-state index contributed by atoms with van der Waals surface area (Å²) in [5.74, 6) is -0.390. The minimum absolute atomic E-state index is 0.0280. The molecule has 120 valence electrons. The van der Waals surface area contributed by atoms with Crippen LogP contribution in [-0.4, -0.2) is 32.2 Å². The first-order valence-electron chi connectivity index (χ1n) is 8.17. The molecular weight excluding hydrogens is 283 g/mol. The molecule has 0 spiro atoms. The van der Waals surface area contributed by atoms with Crippen LogP contribution in [0.4, 0.5) is 15.8 Å². The van der Waals surface area contributed by atoms with Crippen molar-refractivity contribution in [2.75, 3.05) is 36.5 Å². The SMILES string of the molecule is O=C(Nc1cc(N2CCOCC2)ccc1F)C1CCCCC1. The highest BCUT2D eigenvalue weighted by Crippen LogP contribution is 2.27. The molecule has 1 aromatic rings. The highest BCUT2D eigenvalue weighted by molar-refractivity contribution is 5.93. The van der Waals surface area contributed by atoms with Crippen molar-refractivity contribution in [3.05, 3.63) is 24.0 Å². The quantitative estimate of drug-likeness (QED) is 0.932. The smallest absolute Gasteiger partial charge is 0.227 e. The van der Waals surface area contributed by atoms with E-state index in [2.05, 4.69) is 10.2 Å². The van der Waals surface area contributed by atoms with E-state index in [-0.39, 0.29) is 17.6 Å². The van der Waals surface area contributed by atoms with E-state index in [0.29, 0.717) is 18.9 Å². The van der Waals surface area contributed by atoms with Gasteiger partial charge in [0.2, 0.25) is 5.91 Å². The van der Waals surface area contributed by atoms with Crippen molar-refractivity contribution in [3.8, 4) is 0 Å². The van der Waals surface area contributed by atoms with Crippen molar-refractivity contribution in [2.45, 2.75) is 32.1 Å². The fourth-order valence-corrected chi connectivity index (χ4v) is 3.23. The number of nitrogens with one attached hydrogen (secondary N) is 1. The zero-order valence-electron chi connectivity index (χ0n) is 12.8. The van der Waals surface area contributed by atoms with Crippen LogP contribution in [-0.2, 0) is 9.53 Å². The number of rotatable bonds is 3. The summed E-state index contributed by atoms with van der Waals surface area (Å²) < 4.78 is 19.3. The van der Waals surface area contributed by atoms with Crippen molar-refractivity contribution >= 4 is 17.3 Å². The Morgan fingerprint density at radius 1 is 1.18 bits per heavy atom. The molecule has 1 aliphatic carbocycles. The van der Waals surface area contributed by atoms with Crippen LogP contribution >= 0.6 is 0 Å². The second kappa shape index (κ2) is 7.09. The van der Waals surface area contributed by atoms with E-state index >= 15 is 0 Å². The van der Waals surface area contributed by atoms with Crippen LogP contribution in [0.25, 0.3) is 0 Å². The molecule has 2 aliphatic rings. The zero-order valence-corrected chi connectivity index (χ0v) is 12.8. The second-order valence-electron chi connectivity index (χ2n) is 6.09. The number of benzene rings is 1. The molecule has 1 heterocycles. The van der Waals surface area contributed by atoms with Crippen LogP contribution in [0.1, 0.15) is 32.1 Å². The number of hydrogen-bond acceptors (Lipinski definition) is 3. The van der Waals surface area contributed by atoms with Gasteiger partial charge < -0.3 is 15.0 Å². The summed E-state index contributed by atoms with van der Waals surface area (Å²) in [5.41, 5.74) is 1.23. The Bertz CT molecular complexity index is 523. The largest absolute Gasteiger partial charge is 0.378 e. The average Bonchev–Trinajstić information content (AvgIpc) is 2.58. The molecule has 1 aliphatic heterocycles. The van der Waals surface area contributed by atoms with Gasteiger partial charge in [-0.2, -0.15) is 0 Å². The molecule has 1 aromatic carbocycles. The van der Waals surface area contributed by atoms with E-state index < -0.39 is 0 Å². The van der Waals surface area contributed by atoms with Gasteiger partial charge in [0, 0.05) is 24.7 Å². The molecule has 0 radical (unpaired) electrons. The van der Waals surface area contributed by atoms with E-state index in [0.717, 1.165) is 44.5 Å². The first-order valence-corrected chi connectivity index (χ1v) is 8.17. The lowest BCUT2D eigenvalue weighted by atomic mass is 9.88. The highest BCUT2D eigenvalue weighted by atomic mass is 19.1. The van der Waals surface area contributed by atoms with Gasteiger partial charge in [0.15, 0.2) is 0 Å². The zero-order chi connectivity index (χ0) is 15.4. The number of ether oxygens (including phenoxy) is 1. The van der Waals surface area contributed by atoms with Crippen molar-refractivity contribution in [1.82, 2.24) is 0 Å². The van der Waals surface area contributed by atoms with Gasteiger partial charge in [-0.15, -0.1) is 0 Å². The lowest BCUT2D eigenvalue weighted by molar-refractivity contribution is -0.120. The molecule has 1 saturated heterocycles. The minimum atomic E-state index is -0.374. The molecule has 1 N–H and O–H groups in total. The van der Waals surface area contributed by atoms with Gasteiger partial charge in [0.05, 0.1) is 18.9 Å². The van der Waals surface area contributed by atoms with Crippen molar-refractivity contribution in [2.24, 2.45) is 5.92 Å². The van der Waals surface area contributed by atoms with E-state index in [1.807, 2.05) is 0 Å². The van der Waals surface area contributed by atoms with E-state index in [9.17, 15) is 9.18 Å². The maximum absolute atomic E-state index is 14.0. The van der Waals surface area contributed by atoms with Gasteiger partial charge >= 0.3 is 0 Å². The molecule has 0 aromatic heterocycles. The predicted molar refractivity (Wildman–Crippen MR) is 84.6 cm³/mol. The van der Waals surface area contributed by atoms with Gasteiger partial charge in [-0.1, -0.05) is 19.3 Å². The normalized spacial score (nSPS) is 20.0. The molecule has 1 saturated carbocycles. The predicted octanol–water partition coefficient (Wildman–Crippen LogP) is 3.18. The van der Waals surface area contributed by atoms with Crippen molar-refractivity contribution < 1.29 is 13.9 Å². The number of amides is 1. The summed E-state index contributed by atoms with van der Waals surface area (Å²) in [6.07, 6.45) is 5.21. The fraction of sp³-hybridized carbons (Fsp3) is 0.588. The van der Waals surface area contributed by atoms with Gasteiger partial charge in [-0.3, -0.25) is 4.79 Å². The Morgan fingerprint density at radius 3 is 2.64 bits per heavy atom. The van der Waals surface area contributed by atoms with Crippen LogP contribution in [0.5, 0.6) is 0 Å². The lowest BCUT2D eigenvalue weighted by Gasteiger charge is -2.29. The molecule has 0 bridgehead atoms. The molecule has 3 rings (SSSR count). The van der Waals surface area contributed by atoms with E-state index in [1.54, 1.807) is 12.1 Å². The van der Waals surface area contributed by atoms with Crippen LogP contribution in [0.2, 0.25) is 0 Å². The standard InChI is InChI=1S/C17H23FN2O2/c18-15-7-6-14(20-8-10-22-11-9-20)12-16(15)19-17(21)13-4-2-1-3-5-13/h6-7,12-13H,1-5,8-11H2,(H,19,21). The fourth-order valence-electron chi connectivity index (χ4n) is 3.23. The topological polar surface area (TPSA) is 41.6 Å². The molecule has 22 heavy (non-hydrogen) atoms. The second-order valence-corrected chi connectivity index (χ2v) is 6.09. The van der Waals surface area contributed by atoms with E-state index in [4.69, 9.17) is 4.74 Å². The maximum atomic E-state index is 14.0. The number of hydrogen-bond donors (Lipinski definition) is 1. The van der Waals surface area contributed by atoms with Crippen molar-refractivity contribution in [1.29, 1.82) is 0 Å². The first-order chi connectivity index (χ1) is 10.7. The Kier molecular flexibility index (Phi) is 4.93. The third-order valence-corrected chi connectivity index (χ3v) is 4.56. The molecule has 2 fully saturated rings. The lowest BCUT2D eigenvalue weighted by Crippen LogP contribution is -2.36. The molecule has 0 atom stereocenters. The van der Waals surface area contributed by atoms with Crippen LogP contribution in [0.15, 0.2) is 18.2 Å². The Morgan fingerprint density at radius 2 is 1.91 bits per heavy atom. The van der Waals surface area contributed by atoms with Gasteiger partial charge in [-0.05, 0) is 31.0 Å². The Labute approximate surface area is 130 Å². The summed E-state index contributed by atoms with van der Waals surface area (Å²) in [5, 5.41) is 2.79. The number of nitrogens with zero attached hydrogens (tertiary/aromatic N) is 1. The van der Waals surface area contributed by atoms with Gasteiger partial charge in [0.25, 0.3) is 0 Å². The van der Waals surface area contributed by atoms with Gasteiger partial charge in [0.1, 0.15) is 5.82 Å². The highest BCUT2D eigenvalue weighted by Gasteiger charge is 2.22. The summed E-state index contributed by atoms with van der Waals surface area (Å²) in [4.78, 5) is 14.4. The third kappa shape index (κ3) is 3.58. The summed E-state index contributed by atoms with van der Waals surface area (Å²) in [6.45, 7) is 2.95. The third-order valence-electron chi connectivity index (χ3n) is 4.56. The molecule has 1 amide bonds. The number of morpholine rings is 1. The Hall–Kier alpha value is -1.62. The van der Waals surface area contributed by atoms with E-state index in [1.165, 1.54) is 12.5 Å². The van der Waals surface area contributed by atoms with Crippen LogP contribution < -0.4 is 10.2 Å². The number of halogens is 1. The average molecular weight is 306 g/mol. The molecule has 5 heteroatoms. The van der Waals surface area contributed by atoms with Crippen molar-refractivity contribution in [3.63, 3.8) is 0 Å². The van der Waals surface area contributed by atoms with Crippen LogP contribution in [0.3, 0.4) is 0 Å². The van der Waals surface area contributed by atoms with Gasteiger partial charge in [-0.25, -0.2) is 4.39 Å².